The molecule has 0 amide bonds. The van der Waals surface area contributed by atoms with Crippen molar-refractivity contribution < 1.29 is 5.11 Å². The van der Waals surface area contributed by atoms with E-state index in [1.165, 1.54) is 0 Å². The van der Waals surface area contributed by atoms with Gasteiger partial charge in [0.2, 0.25) is 0 Å². The number of aliphatic hydroxyl groups is 1. The molecule has 3 rings (SSSR count). The maximum atomic E-state index is 9.36. The van der Waals surface area contributed by atoms with Crippen LogP contribution in [0.25, 0.3) is 10.9 Å². The number of nitrogens with zero attached hydrogens (tertiary/aromatic N) is 2. The summed E-state index contributed by atoms with van der Waals surface area (Å²) >= 11 is 0. The monoisotopic (exact) mass is 232 g/mol. The van der Waals surface area contributed by atoms with Gasteiger partial charge in [-0.2, -0.15) is 5.10 Å². The second kappa shape index (κ2) is 3.92. The summed E-state index contributed by atoms with van der Waals surface area (Å²) in [6.45, 7) is 1.13. The topological polar surface area (TPSA) is 78.2 Å². The highest BCUT2D eigenvalue weighted by Crippen LogP contribution is 2.33. The highest BCUT2D eigenvalue weighted by molar-refractivity contribution is 5.89. The van der Waals surface area contributed by atoms with Crippen molar-refractivity contribution in [1.29, 1.82) is 0 Å². The molecule has 2 heterocycles. The molecule has 5 heteroatoms. The lowest BCUT2D eigenvalue weighted by atomic mass is 10.1. The minimum Gasteiger partial charge on any atom is -0.397 e. The normalized spacial score (nSPS) is 20.3. The van der Waals surface area contributed by atoms with E-state index in [9.17, 15) is 5.11 Å². The molecule has 0 aliphatic carbocycles. The molecule has 1 atom stereocenters. The number of nitrogen functional groups attached to an aromatic ring is 1. The maximum absolute atomic E-state index is 9.36. The average molecular weight is 232 g/mol. The standard InChI is InChI=1S/C12H16N4O/c13-10-4-8-6-14-15-11(8)5-12(10)16-3-1-2-9(16)7-17/h4-6,9,17H,1-3,7,13H2,(H,14,15). The van der Waals surface area contributed by atoms with E-state index in [4.69, 9.17) is 5.73 Å². The fraction of sp³-hybridized carbons (Fsp3) is 0.417. The van der Waals surface area contributed by atoms with Gasteiger partial charge in [-0.05, 0) is 25.0 Å². The number of hydrogen-bond acceptors (Lipinski definition) is 4. The third-order valence-corrected chi connectivity index (χ3v) is 3.48. The van der Waals surface area contributed by atoms with E-state index in [2.05, 4.69) is 15.1 Å². The Kier molecular flexibility index (Phi) is 2.40. The second-order valence-corrected chi connectivity index (χ2v) is 4.54. The van der Waals surface area contributed by atoms with Crippen LogP contribution in [0.3, 0.4) is 0 Å². The van der Waals surface area contributed by atoms with Crippen LogP contribution in [0.4, 0.5) is 11.4 Å². The molecule has 0 saturated carbocycles. The van der Waals surface area contributed by atoms with Gasteiger partial charge in [-0.15, -0.1) is 0 Å². The summed E-state index contributed by atoms with van der Waals surface area (Å²) in [5, 5.41) is 17.3. The molecule has 4 N–H and O–H groups in total. The lowest BCUT2D eigenvalue weighted by molar-refractivity contribution is 0.266. The van der Waals surface area contributed by atoms with Crippen molar-refractivity contribution in [3.8, 4) is 0 Å². The molecular weight excluding hydrogens is 216 g/mol. The van der Waals surface area contributed by atoms with Crippen LogP contribution < -0.4 is 10.6 Å². The fourth-order valence-electron chi connectivity index (χ4n) is 2.59. The zero-order chi connectivity index (χ0) is 11.8. The molecule has 0 radical (unpaired) electrons. The summed E-state index contributed by atoms with van der Waals surface area (Å²) in [5.74, 6) is 0. The Morgan fingerprint density at radius 2 is 2.41 bits per heavy atom. The van der Waals surface area contributed by atoms with Crippen molar-refractivity contribution in [1.82, 2.24) is 10.2 Å². The minimum absolute atomic E-state index is 0.181. The summed E-state index contributed by atoms with van der Waals surface area (Å²) in [7, 11) is 0. The predicted octanol–water partition coefficient (Wildman–Crippen LogP) is 1.11. The van der Waals surface area contributed by atoms with Crippen LogP contribution in [0.1, 0.15) is 12.8 Å². The number of benzene rings is 1. The summed E-state index contributed by atoms with van der Waals surface area (Å²) in [4.78, 5) is 2.19. The lowest BCUT2D eigenvalue weighted by Gasteiger charge is -2.26. The summed E-state index contributed by atoms with van der Waals surface area (Å²) in [5.41, 5.74) is 8.81. The number of nitrogens with two attached hydrogens (primary N) is 1. The third kappa shape index (κ3) is 1.63. The van der Waals surface area contributed by atoms with Gasteiger partial charge in [0.05, 0.1) is 35.7 Å². The van der Waals surface area contributed by atoms with Gasteiger partial charge in [0.25, 0.3) is 0 Å². The fourth-order valence-corrected chi connectivity index (χ4v) is 2.59. The smallest absolute Gasteiger partial charge is 0.0672 e. The van der Waals surface area contributed by atoms with E-state index < -0.39 is 0 Å². The van der Waals surface area contributed by atoms with E-state index in [0.29, 0.717) is 0 Å². The number of aromatic amines is 1. The highest BCUT2D eigenvalue weighted by atomic mass is 16.3. The Bertz CT molecular complexity index is 536. The maximum Gasteiger partial charge on any atom is 0.0672 e. The number of H-pyrrole nitrogens is 1. The lowest BCUT2D eigenvalue weighted by Crippen LogP contribution is -2.32. The molecule has 5 nitrogen and oxygen atoms in total. The number of aromatic nitrogens is 2. The number of fused-ring (bicyclic) bond motifs is 1. The first-order valence-electron chi connectivity index (χ1n) is 5.89. The van der Waals surface area contributed by atoms with Gasteiger partial charge in [0.1, 0.15) is 0 Å². The zero-order valence-corrected chi connectivity index (χ0v) is 9.56. The van der Waals surface area contributed by atoms with Gasteiger partial charge in [-0.1, -0.05) is 0 Å². The molecule has 1 aliphatic rings. The molecule has 90 valence electrons. The Morgan fingerprint density at radius 1 is 1.53 bits per heavy atom. The molecule has 1 saturated heterocycles. The first-order chi connectivity index (χ1) is 8.29. The number of nitrogens with one attached hydrogen (secondary N) is 1. The largest absolute Gasteiger partial charge is 0.397 e. The summed E-state index contributed by atoms with van der Waals surface area (Å²) in [6, 6.07) is 4.14. The average Bonchev–Trinajstić information content (AvgIpc) is 2.94. The van der Waals surface area contributed by atoms with Gasteiger partial charge >= 0.3 is 0 Å². The molecule has 1 aromatic heterocycles. The van der Waals surface area contributed by atoms with Crippen molar-refractivity contribution >= 4 is 22.3 Å². The van der Waals surface area contributed by atoms with Crippen LogP contribution in [-0.4, -0.2) is 34.5 Å². The third-order valence-electron chi connectivity index (χ3n) is 3.48. The van der Waals surface area contributed by atoms with Crippen LogP contribution >= 0.6 is 0 Å². The Hall–Kier alpha value is -1.75. The number of hydrogen-bond donors (Lipinski definition) is 3. The van der Waals surface area contributed by atoms with Gasteiger partial charge < -0.3 is 15.7 Å². The molecule has 1 aromatic carbocycles. The molecule has 2 aromatic rings. The molecule has 1 fully saturated rings. The Labute approximate surface area is 99.2 Å². The van der Waals surface area contributed by atoms with Gasteiger partial charge in [-0.3, -0.25) is 5.10 Å². The van der Waals surface area contributed by atoms with Crippen LogP contribution in [0.5, 0.6) is 0 Å². The van der Waals surface area contributed by atoms with Crippen LogP contribution in [-0.2, 0) is 0 Å². The molecular formula is C12H16N4O. The first kappa shape index (κ1) is 10.4. The molecule has 1 aliphatic heterocycles. The predicted molar refractivity (Wildman–Crippen MR) is 68.0 cm³/mol. The molecule has 0 spiro atoms. The number of anilines is 2. The SMILES string of the molecule is Nc1cc2cn[nH]c2cc1N1CCCC1CO. The second-order valence-electron chi connectivity index (χ2n) is 4.54. The zero-order valence-electron chi connectivity index (χ0n) is 9.56. The van der Waals surface area contributed by atoms with Crippen molar-refractivity contribution in [2.75, 3.05) is 23.8 Å². The Morgan fingerprint density at radius 3 is 3.24 bits per heavy atom. The first-order valence-corrected chi connectivity index (χ1v) is 5.89. The van der Waals surface area contributed by atoms with Crippen LogP contribution in [0.2, 0.25) is 0 Å². The van der Waals surface area contributed by atoms with Crippen molar-refractivity contribution in [3.05, 3.63) is 18.3 Å². The summed E-state index contributed by atoms with van der Waals surface area (Å²) < 4.78 is 0. The van der Waals surface area contributed by atoms with E-state index in [0.717, 1.165) is 41.7 Å². The van der Waals surface area contributed by atoms with Gasteiger partial charge in [0.15, 0.2) is 0 Å². The van der Waals surface area contributed by atoms with Crippen LogP contribution in [0, 0.1) is 0 Å². The van der Waals surface area contributed by atoms with E-state index in [1.807, 2.05) is 12.1 Å². The minimum atomic E-state index is 0.181. The molecule has 0 bridgehead atoms. The van der Waals surface area contributed by atoms with Crippen molar-refractivity contribution in [2.24, 2.45) is 0 Å². The molecule has 17 heavy (non-hydrogen) atoms. The number of rotatable bonds is 2. The van der Waals surface area contributed by atoms with E-state index in [-0.39, 0.29) is 12.6 Å². The van der Waals surface area contributed by atoms with Crippen molar-refractivity contribution in [3.63, 3.8) is 0 Å². The van der Waals surface area contributed by atoms with Crippen LogP contribution in [0.15, 0.2) is 18.3 Å². The highest BCUT2D eigenvalue weighted by Gasteiger charge is 2.25. The van der Waals surface area contributed by atoms with E-state index in [1.54, 1.807) is 6.20 Å². The van der Waals surface area contributed by atoms with E-state index >= 15 is 0 Å². The van der Waals surface area contributed by atoms with Gasteiger partial charge in [-0.25, -0.2) is 0 Å². The quantitative estimate of drug-likeness (QED) is 0.678. The Balaban J connectivity index is 2.06. The van der Waals surface area contributed by atoms with Crippen molar-refractivity contribution in [2.45, 2.75) is 18.9 Å². The molecule has 1 unspecified atom stereocenters. The van der Waals surface area contributed by atoms with Gasteiger partial charge in [0, 0.05) is 11.9 Å². The number of aliphatic hydroxyl groups excluding tert-OH is 1. The summed E-state index contributed by atoms with van der Waals surface area (Å²) in [6.07, 6.45) is 3.89.